The Morgan fingerprint density at radius 3 is 1.45 bits per heavy atom. The molecule has 51 heavy (non-hydrogen) atoms. The zero-order valence-electron chi connectivity index (χ0n) is 27.8. The van der Waals surface area contributed by atoms with Gasteiger partial charge in [-0.2, -0.15) is 0 Å². The van der Waals surface area contributed by atoms with Crippen LogP contribution in [0.2, 0.25) is 0 Å². The minimum absolute atomic E-state index is 0.441. The monoisotopic (exact) mass is 642 g/mol. The fraction of sp³-hybridized carbons (Fsp3) is 0.0196. The summed E-state index contributed by atoms with van der Waals surface area (Å²) >= 11 is 0. The molecule has 0 unspecified atom stereocenters. The van der Waals surface area contributed by atoms with Gasteiger partial charge in [-0.3, -0.25) is 0 Å². The summed E-state index contributed by atoms with van der Waals surface area (Å²) in [5.41, 5.74) is 13.0. The highest BCUT2D eigenvalue weighted by atomic mass is 14.5. The lowest BCUT2D eigenvalue weighted by atomic mass is 9.69. The van der Waals surface area contributed by atoms with E-state index in [4.69, 9.17) is 0 Å². The van der Waals surface area contributed by atoms with E-state index < -0.39 is 5.41 Å². The molecule has 12 rings (SSSR count). The van der Waals surface area contributed by atoms with E-state index in [9.17, 15) is 0 Å². The van der Waals surface area contributed by atoms with Gasteiger partial charge < -0.3 is 0 Å². The predicted octanol–water partition coefficient (Wildman–Crippen LogP) is 13.5. The molecule has 0 saturated heterocycles. The van der Waals surface area contributed by atoms with Crippen LogP contribution in [0.15, 0.2) is 182 Å². The molecule has 1 spiro atoms. The van der Waals surface area contributed by atoms with E-state index in [1.165, 1.54) is 109 Å². The minimum atomic E-state index is -0.441. The number of hydrogen-bond donors (Lipinski definition) is 0. The fourth-order valence-corrected chi connectivity index (χ4v) is 10.1. The van der Waals surface area contributed by atoms with Crippen LogP contribution >= 0.6 is 0 Å². The van der Waals surface area contributed by atoms with E-state index in [0.29, 0.717) is 0 Å². The molecular weight excluding hydrogens is 613 g/mol. The zero-order valence-corrected chi connectivity index (χ0v) is 27.8. The lowest BCUT2D eigenvalue weighted by molar-refractivity contribution is 0.795. The van der Waals surface area contributed by atoms with Crippen molar-refractivity contribution in [3.8, 4) is 33.4 Å². The molecule has 0 nitrogen and oxygen atoms in total. The van der Waals surface area contributed by atoms with Crippen LogP contribution in [-0.4, -0.2) is 0 Å². The van der Waals surface area contributed by atoms with Crippen molar-refractivity contribution in [1.82, 2.24) is 0 Å². The molecule has 2 aliphatic rings. The van der Waals surface area contributed by atoms with E-state index in [2.05, 4.69) is 182 Å². The molecule has 0 heteroatoms. The molecule has 0 N–H and O–H groups in total. The Hall–Kier alpha value is -6.50. The molecule has 0 aliphatic heterocycles. The molecule has 0 amide bonds. The maximum Gasteiger partial charge on any atom is 0.0726 e. The van der Waals surface area contributed by atoms with Crippen LogP contribution in [0.5, 0.6) is 0 Å². The van der Waals surface area contributed by atoms with E-state index in [1.807, 2.05) is 0 Å². The molecule has 0 aromatic heterocycles. The Labute approximate surface area is 295 Å². The second kappa shape index (κ2) is 9.81. The Balaban J connectivity index is 1.30. The van der Waals surface area contributed by atoms with Crippen LogP contribution in [0.3, 0.4) is 0 Å². The molecule has 0 saturated carbocycles. The SMILES string of the molecule is c1ccc2c(c1)-c1ccccc1C21c2ccc3ccccc3c2-c2c1cc(-c1cc3ccc4ccccc4c3c3ccccc13)c1ccccc21. The predicted molar refractivity (Wildman–Crippen MR) is 216 cm³/mol. The first-order valence-electron chi connectivity index (χ1n) is 17.9. The van der Waals surface area contributed by atoms with Crippen molar-refractivity contribution < 1.29 is 0 Å². The molecule has 10 aromatic carbocycles. The average molecular weight is 643 g/mol. The van der Waals surface area contributed by atoms with E-state index in [-0.39, 0.29) is 0 Å². The van der Waals surface area contributed by atoms with Gasteiger partial charge >= 0.3 is 0 Å². The molecule has 0 heterocycles. The van der Waals surface area contributed by atoms with Gasteiger partial charge in [0.1, 0.15) is 0 Å². The third-order valence-corrected chi connectivity index (χ3v) is 12.0. The maximum atomic E-state index is 2.58. The van der Waals surface area contributed by atoms with Gasteiger partial charge in [-0.25, -0.2) is 0 Å². The summed E-state index contributed by atoms with van der Waals surface area (Å²) in [7, 11) is 0. The first-order chi connectivity index (χ1) is 25.3. The van der Waals surface area contributed by atoms with Crippen molar-refractivity contribution >= 4 is 53.9 Å². The molecule has 0 atom stereocenters. The van der Waals surface area contributed by atoms with Crippen molar-refractivity contribution in [2.45, 2.75) is 5.41 Å². The molecule has 0 bridgehead atoms. The summed E-state index contributed by atoms with van der Waals surface area (Å²) in [6, 6.07) is 68.6. The number of fused-ring (bicyclic) bond motifs is 19. The van der Waals surface area contributed by atoms with Crippen molar-refractivity contribution in [1.29, 1.82) is 0 Å². The largest absolute Gasteiger partial charge is 0.0726 e. The second-order valence-electron chi connectivity index (χ2n) is 14.3. The first-order valence-corrected chi connectivity index (χ1v) is 17.9. The normalized spacial score (nSPS) is 13.6. The van der Waals surface area contributed by atoms with Crippen molar-refractivity contribution in [3.05, 3.63) is 204 Å². The Morgan fingerprint density at radius 2 is 0.725 bits per heavy atom. The molecule has 234 valence electrons. The van der Waals surface area contributed by atoms with E-state index >= 15 is 0 Å². The van der Waals surface area contributed by atoms with Crippen LogP contribution in [0.25, 0.3) is 87.2 Å². The van der Waals surface area contributed by atoms with Crippen molar-refractivity contribution in [2.75, 3.05) is 0 Å². The Kier molecular flexibility index (Phi) is 5.26. The van der Waals surface area contributed by atoms with Crippen LogP contribution < -0.4 is 0 Å². The first kappa shape index (κ1) is 27.3. The highest BCUT2D eigenvalue weighted by Crippen LogP contribution is 2.65. The van der Waals surface area contributed by atoms with E-state index in [1.54, 1.807) is 0 Å². The summed E-state index contributed by atoms with van der Waals surface area (Å²) in [5, 5.41) is 12.9. The van der Waals surface area contributed by atoms with Gasteiger partial charge in [0.25, 0.3) is 0 Å². The van der Waals surface area contributed by atoms with Crippen molar-refractivity contribution in [2.24, 2.45) is 0 Å². The van der Waals surface area contributed by atoms with E-state index in [0.717, 1.165) is 0 Å². The summed E-state index contributed by atoms with van der Waals surface area (Å²) < 4.78 is 0. The number of hydrogen-bond acceptors (Lipinski definition) is 0. The number of rotatable bonds is 1. The zero-order chi connectivity index (χ0) is 33.3. The van der Waals surface area contributed by atoms with Gasteiger partial charge in [0.15, 0.2) is 0 Å². The Morgan fingerprint density at radius 1 is 0.255 bits per heavy atom. The maximum absolute atomic E-state index is 2.58. The van der Waals surface area contributed by atoms with Gasteiger partial charge in [0, 0.05) is 0 Å². The molecule has 10 aromatic rings. The topological polar surface area (TPSA) is 0 Å². The average Bonchev–Trinajstić information content (AvgIpc) is 3.68. The van der Waals surface area contributed by atoms with Crippen LogP contribution in [-0.2, 0) is 5.41 Å². The standard InChI is InChI=1S/C51H30/c1-3-15-34-31(13-1)25-26-33-29-42(36-17-5-7-21-40(36)48(33)34)43-30-47-50(41-22-8-6-18-37(41)43)49-35-16-4-2-14-32(35)27-28-46(49)51(47)44-23-11-9-19-38(44)39-20-10-12-24-45(39)51/h1-30H. The smallest absolute Gasteiger partial charge is 0.0619 e. The van der Waals surface area contributed by atoms with Crippen molar-refractivity contribution in [3.63, 3.8) is 0 Å². The summed E-state index contributed by atoms with van der Waals surface area (Å²) in [6.45, 7) is 0. The molecule has 0 radical (unpaired) electrons. The highest BCUT2D eigenvalue weighted by Gasteiger charge is 2.52. The van der Waals surface area contributed by atoms with Crippen LogP contribution in [0, 0.1) is 0 Å². The summed E-state index contributed by atoms with van der Waals surface area (Å²) in [4.78, 5) is 0. The van der Waals surface area contributed by atoms with Gasteiger partial charge in [-0.15, -0.1) is 0 Å². The van der Waals surface area contributed by atoms with Crippen LogP contribution in [0.1, 0.15) is 22.3 Å². The minimum Gasteiger partial charge on any atom is -0.0619 e. The van der Waals surface area contributed by atoms with Crippen LogP contribution in [0.4, 0.5) is 0 Å². The quantitative estimate of drug-likeness (QED) is 0.156. The van der Waals surface area contributed by atoms with Gasteiger partial charge in [0.2, 0.25) is 0 Å². The third-order valence-electron chi connectivity index (χ3n) is 12.0. The lowest BCUT2D eigenvalue weighted by Gasteiger charge is -2.31. The number of benzene rings is 10. The van der Waals surface area contributed by atoms with Gasteiger partial charge in [0.05, 0.1) is 5.41 Å². The second-order valence-corrected chi connectivity index (χ2v) is 14.3. The highest BCUT2D eigenvalue weighted by molar-refractivity contribution is 6.25. The fourth-order valence-electron chi connectivity index (χ4n) is 10.1. The molecular formula is C51H30. The molecule has 2 aliphatic carbocycles. The summed E-state index contributed by atoms with van der Waals surface area (Å²) in [5.74, 6) is 0. The summed E-state index contributed by atoms with van der Waals surface area (Å²) in [6.07, 6.45) is 0. The Bertz CT molecular complexity index is 3100. The van der Waals surface area contributed by atoms with Gasteiger partial charge in [-0.1, -0.05) is 170 Å². The molecule has 0 fully saturated rings. The third kappa shape index (κ3) is 3.35. The lowest BCUT2D eigenvalue weighted by Crippen LogP contribution is -2.26. The van der Waals surface area contributed by atoms with Gasteiger partial charge in [-0.05, 0) is 122 Å².